The Hall–Kier alpha value is -2.56. The van der Waals surface area contributed by atoms with Crippen LogP contribution >= 0.6 is 0 Å². The number of rotatable bonds is 6. The molecule has 5 nitrogen and oxygen atoms in total. The van der Waals surface area contributed by atoms with Gasteiger partial charge in [0.1, 0.15) is 6.04 Å². The lowest BCUT2D eigenvalue weighted by atomic mass is 10.1. The maximum atomic E-state index is 12.5. The molecule has 1 aromatic carbocycles. The molecule has 0 spiro atoms. The van der Waals surface area contributed by atoms with Crippen LogP contribution in [0, 0.1) is 13.8 Å². The number of nitrogens with zero attached hydrogens (tertiary/aromatic N) is 1. The van der Waals surface area contributed by atoms with E-state index in [4.69, 9.17) is 0 Å². The van der Waals surface area contributed by atoms with Gasteiger partial charge in [-0.1, -0.05) is 30.3 Å². The minimum atomic E-state index is -1.04. The Kier molecular flexibility index (Phi) is 5.21. The van der Waals surface area contributed by atoms with E-state index in [1.165, 1.54) is 0 Å². The SMILES string of the molecule is CCn1c(C)cc(C(=O)N[C@H](Cc2ccccc2)C(=O)O)c1C. The van der Waals surface area contributed by atoms with E-state index >= 15 is 0 Å². The highest BCUT2D eigenvalue weighted by Gasteiger charge is 2.23. The van der Waals surface area contributed by atoms with E-state index in [0.717, 1.165) is 23.5 Å². The van der Waals surface area contributed by atoms with Crippen molar-refractivity contribution in [3.05, 3.63) is 58.9 Å². The van der Waals surface area contributed by atoms with Crippen LogP contribution < -0.4 is 5.32 Å². The van der Waals surface area contributed by atoms with Gasteiger partial charge in [-0.15, -0.1) is 0 Å². The van der Waals surface area contributed by atoms with Gasteiger partial charge in [-0.2, -0.15) is 0 Å². The van der Waals surface area contributed by atoms with Crippen LogP contribution in [-0.2, 0) is 17.8 Å². The normalized spacial score (nSPS) is 12.0. The molecular formula is C18H22N2O3. The first-order chi connectivity index (χ1) is 10.9. The summed E-state index contributed by atoms with van der Waals surface area (Å²) in [4.78, 5) is 23.9. The maximum Gasteiger partial charge on any atom is 0.326 e. The van der Waals surface area contributed by atoms with Crippen molar-refractivity contribution in [2.45, 2.75) is 39.8 Å². The number of aliphatic carboxylic acids is 1. The molecule has 1 aromatic heterocycles. The summed E-state index contributed by atoms with van der Waals surface area (Å²) >= 11 is 0. The molecule has 2 aromatic rings. The Bertz CT molecular complexity index is 705. The minimum Gasteiger partial charge on any atom is -0.480 e. The second-order valence-corrected chi connectivity index (χ2v) is 5.58. The highest BCUT2D eigenvalue weighted by Crippen LogP contribution is 2.15. The van der Waals surface area contributed by atoms with Crippen LogP contribution in [-0.4, -0.2) is 27.6 Å². The van der Waals surface area contributed by atoms with E-state index in [1.54, 1.807) is 6.07 Å². The zero-order valence-electron chi connectivity index (χ0n) is 13.7. The van der Waals surface area contributed by atoms with Crippen molar-refractivity contribution in [2.24, 2.45) is 0 Å². The van der Waals surface area contributed by atoms with Gasteiger partial charge in [0.2, 0.25) is 0 Å². The molecule has 0 radical (unpaired) electrons. The number of hydrogen-bond donors (Lipinski definition) is 2. The van der Waals surface area contributed by atoms with Gasteiger partial charge in [-0.3, -0.25) is 4.79 Å². The second kappa shape index (κ2) is 7.13. The van der Waals surface area contributed by atoms with E-state index in [-0.39, 0.29) is 12.3 Å². The van der Waals surface area contributed by atoms with E-state index in [1.807, 2.05) is 55.7 Å². The zero-order valence-corrected chi connectivity index (χ0v) is 13.7. The second-order valence-electron chi connectivity index (χ2n) is 5.58. The highest BCUT2D eigenvalue weighted by atomic mass is 16.4. The third-order valence-electron chi connectivity index (χ3n) is 4.02. The van der Waals surface area contributed by atoms with Crippen molar-refractivity contribution in [3.8, 4) is 0 Å². The van der Waals surface area contributed by atoms with E-state index < -0.39 is 12.0 Å². The first-order valence-corrected chi connectivity index (χ1v) is 7.68. The molecule has 0 aliphatic carbocycles. The van der Waals surface area contributed by atoms with E-state index in [9.17, 15) is 14.7 Å². The van der Waals surface area contributed by atoms with Crippen LogP contribution in [0.25, 0.3) is 0 Å². The van der Waals surface area contributed by atoms with Crippen LogP contribution in [0.4, 0.5) is 0 Å². The average Bonchev–Trinajstić information content (AvgIpc) is 2.81. The first-order valence-electron chi connectivity index (χ1n) is 7.68. The lowest BCUT2D eigenvalue weighted by molar-refractivity contribution is -0.139. The number of carbonyl (C=O) groups excluding carboxylic acids is 1. The van der Waals surface area contributed by atoms with Crippen LogP contribution in [0.3, 0.4) is 0 Å². The fourth-order valence-electron chi connectivity index (χ4n) is 2.80. The number of carboxylic acids is 1. The van der Waals surface area contributed by atoms with E-state index in [0.29, 0.717) is 5.56 Å². The minimum absolute atomic E-state index is 0.258. The Labute approximate surface area is 135 Å². The highest BCUT2D eigenvalue weighted by molar-refractivity contribution is 5.97. The van der Waals surface area contributed by atoms with Crippen LogP contribution in [0.2, 0.25) is 0 Å². The monoisotopic (exact) mass is 314 g/mol. The van der Waals surface area contributed by atoms with Gasteiger partial charge >= 0.3 is 5.97 Å². The number of carboxylic acid groups (broad SMARTS) is 1. The fourth-order valence-corrected chi connectivity index (χ4v) is 2.80. The maximum absolute atomic E-state index is 12.5. The molecule has 5 heteroatoms. The molecular weight excluding hydrogens is 292 g/mol. The molecule has 1 amide bonds. The topological polar surface area (TPSA) is 71.3 Å². The number of aromatic nitrogens is 1. The molecule has 0 saturated carbocycles. The Morgan fingerprint density at radius 2 is 1.87 bits per heavy atom. The Morgan fingerprint density at radius 1 is 1.22 bits per heavy atom. The number of hydrogen-bond acceptors (Lipinski definition) is 2. The van der Waals surface area contributed by atoms with Crippen LogP contribution in [0.15, 0.2) is 36.4 Å². The molecule has 2 N–H and O–H groups in total. The molecule has 0 aliphatic heterocycles. The van der Waals surface area contributed by atoms with Crippen LogP contribution in [0.5, 0.6) is 0 Å². The smallest absolute Gasteiger partial charge is 0.326 e. The molecule has 0 unspecified atom stereocenters. The third-order valence-corrected chi connectivity index (χ3v) is 4.02. The summed E-state index contributed by atoms with van der Waals surface area (Å²) in [6.07, 6.45) is 0.258. The molecule has 0 bridgehead atoms. The van der Waals surface area contributed by atoms with Crippen molar-refractivity contribution in [2.75, 3.05) is 0 Å². The van der Waals surface area contributed by atoms with Crippen molar-refractivity contribution in [1.29, 1.82) is 0 Å². The Morgan fingerprint density at radius 3 is 2.39 bits per heavy atom. The Balaban J connectivity index is 2.17. The zero-order chi connectivity index (χ0) is 17.0. The van der Waals surface area contributed by atoms with Gasteiger partial charge in [0.05, 0.1) is 5.56 Å². The lowest BCUT2D eigenvalue weighted by Crippen LogP contribution is -2.42. The summed E-state index contributed by atoms with van der Waals surface area (Å²) in [7, 11) is 0. The van der Waals surface area contributed by atoms with E-state index in [2.05, 4.69) is 5.32 Å². The fraction of sp³-hybridized carbons (Fsp3) is 0.333. The predicted molar refractivity (Wildman–Crippen MR) is 88.6 cm³/mol. The lowest BCUT2D eigenvalue weighted by Gasteiger charge is -2.15. The van der Waals surface area contributed by atoms with Gasteiger partial charge in [0.15, 0.2) is 0 Å². The van der Waals surface area contributed by atoms with Gasteiger partial charge in [-0.05, 0) is 32.4 Å². The molecule has 0 aliphatic rings. The molecule has 0 saturated heterocycles. The molecule has 0 fully saturated rings. The predicted octanol–water partition coefficient (Wildman–Crippen LogP) is 2.55. The number of benzene rings is 1. The quantitative estimate of drug-likeness (QED) is 0.861. The summed E-state index contributed by atoms with van der Waals surface area (Å²) < 4.78 is 2.03. The van der Waals surface area contributed by atoms with Gasteiger partial charge in [0, 0.05) is 24.4 Å². The standard InChI is InChI=1S/C18H22N2O3/c1-4-20-12(2)10-15(13(20)3)17(21)19-16(18(22)23)11-14-8-6-5-7-9-14/h5-10,16H,4,11H2,1-3H3,(H,19,21)(H,22,23)/t16-/m1/s1. The van der Waals surface area contributed by atoms with Crippen molar-refractivity contribution in [3.63, 3.8) is 0 Å². The molecule has 122 valence electrons. The molecule has 1 atom stereocenters. The summed E-state index contributed by atoms with van der Waals surface area (Å²) in [5.74, 6) is -1.38. The summed E-state index contributed by atoms with van der Waals surface area (Å²) in [5, 5.41) is 12.0. The number of aryl methyl sites for hydroxylation is 1. The first kappa shape index (κ1) is 16.8. The molecule has 1 heterocycles. The van der Waals surface area contributed by atoms with Crippen LogP contribution in [0.1, 0.15) is 34.2 Å². The van der Waals surface area contributed by atoms with Gasteiger partial charge in [0.25, 0.3) is 5.91 Å². The van der Waals surface area contributed by atoms with Crippen molar-refractivity contribution < 1.29 is 14.7 Å². The summed E-state index contributed by atoms with van der Waals surface area (Å²) in [6, 6.07) is 10.1. The number of nitrogens with one attached hydrogen (secondary N) is 1. The summed E-state index contributed by atoms with van der Waals surface area (Å²) in [6.45, 7) is 6.60. The average molecular weight is 314 g/mol. The number of amides is 1. The largest absolute Gasteiger partial charge is 0.480 e. The van der Waals surface area contributed by atoms with Gasteiger partial charge in [-0.25, -0.2) is 4.79 Å². The number of carbonyl (C=O) groups is 2. The molecule has 23 heavy (non-hydrogen) atoms. The summed E-state index contributed by atoms with van der Waals surface area (Å²) in [5.41, 5.74) is 3.25. The molecule has 2 rings (SSSR count). The van der Waals surface area contributed by atoms with Crippen molar-refractivity contribution in [1.82, 2.24) is 9.88 Å². The third kappa shape index (κ3) is 3.80. The van der Waals surface area contributed by atoms with Crippen molar-refractivity contribution >= 4 is 11.9 Å². The van der Waals surface area contributed by atoms with Gasteiger partial charge < -0.3 is 15.0 Å².